The molecule has 2 aromatic rings. The molecule has 1 amide bonds. The van der Waals surface area contributed by atoms with E-state index in [0.29, 0.717) is 0 Å². The number of anilines is 1. The van der Waals surface area contributed by atoms with E-state index >= 15 is 0 Å². The van der Waals surface area contributed by atoms with Crippen LogP contribution in [-0.2, 0) is 21.2 Å². The van der Waals surface area contributed by atoms with Crippen LogP contribution >= 0.6 is 0 Å². The molecular weight excluding hydrogens is 386 g/mol. The van der Waals surface area contributed by atoms with Crippen LogP contribution in [0.2, 0.25) is 0 Å². The van der Waals surface area contributed by atoms with E-state index in [1.165, 1.54) is 6.92 Å². The Balaban J connectivity index is 2.24. The van der Waals surface area contributed by atoms with E-state index in [4.69, 9.17) is 0 Å². The van der Waals surface area contributed by atoms with E-state index in [2.05, 4.69) is 5.32 Å². The summed E-state index contributed by atoms with van der Waals surface area (Å²) >= 11 is 0. The smallest absolute Gasteiger partial charge is 0.244 e. The van der Waals surface area contributed by atoms with Crippen molar-refractivity contribution < 1.29 is 22.0 Å². The van der Waals surface area contributed by atoms with Crippen LogP contribution in [0.4, 0.5) is 14.5 Å². The molecule has 2 rings (SSSR count). The van der Waals surface area contributed by atoms with E-state index in [9.17, 15) is 22.0 Å². The molecule has 0 aliphatic heterocycles. The molecule has 1 N–H and O–H groups in total. The predicted molar refractivity (Wildman–Crippen MR) is 106 cm³/mol. The average Bonchev–Trinajstić information content (AvgIpc) is 2.63. The van der Waals surface area contributed by atoms with Gasteiger partial charge in [-0.25, -0.2) is 17.2 Å². The number of nitrogens with one attached hydrogen (secondary N) is 1. The number of hydrogen-bond acceptors (Lipinski definition) is 3. The van der Waals surface area contributed by atoms with Crippen LogP contribution in [0, 0.1) is 11.6 Å². The fourth-order valence-corrected chi connectivity index (χ4v) is 4.06. The van der Waals surface area contributed by atoms with Crippen molar-refractivity contribution in [3.8, 4) is 0 Å². The number of amides is 1. The molecule has 2 aromatic carbocycles. The van der Waals surface area contributed by atoms with Gasteiger partial charge in [-0.2, -0.15) is 0 Å². The number of carbonyl (C=O) groups is 1. The monoisotopic (exact) mass is 410 g/mol. The molecule has 0 aliphatic carbocycles. The Kier molecular flexibility index (Phi) is 6.77. The van der Waals surface area contributed by atoms with Crippen LogP contribution in [0.5, 0.6) is 0 Å². The summed E-state index contributed by atoms with van der Waals surface area (Å²) in [5.74, 6) is -2.84. The third-order valence-corrected chi connectivity index (χ3v) is 5.73. The zero-order chi connectivity index (χ0) is 21.1. The molecule has 0 heterocycles. The van der Waals surface area contributed by atoms with Gasteiger partial charge < -0.3 is 5.32 Å². The van der Waals surface area contributed by atoms with Crippen LogP contribution < -0.4 is 9.62 Å². The van der Waals surface area contributed by atoms with Gasteiger partial charge in [-0.15, -0.1) is 0 Å². The second-order valence-electron chi connectivity index (χ2n) is 6.66. The van der Waals surface area contributed by atoms with Gasteiger partial charge in [0.05, 0.1) is 18.0 Å². The highest BCUT2D eigenvalue weighted by Gasteiger charge is 2.30. The van der Waals surface area contributed by atoms with Crippen LogP contribution in [-0.4, -0.2) is 26.6 Å². The van der Waals surface area contributed by atoms with Gasteiger partial charge in [-0.1, -0.05) is 31.2 Å². The number of halogens is 2. The van der Waals surface area contributed by atoms with Crippen LogP contribution in [0.3, 0.4) is 0 Å². The molecule has 0 bridgehead atoms. The van der Waals surface area contributed by atoms with Gasteiger partial charge in [0.1, 0.15) is 6.04 Å². The van der Waals surface area contributed by atoms with Crippen molar-refractivity contribution in [1.29, 1.82) is 0 Å². The second kappa shape index (κ2) is 8.68. The maximum absolute atomic E-state index is 13.6. The Morgan fingerprint density at radius 1 is 1.07 bits per heavy atom. The highest BCUT2D eigenvalue weighted by Crippen LogP contribution is 2.24. The molecule has 0 unspecified atom stereocenters. The molecule has 5 nitrogen and oxygen atoms in total. The lowest BCUT2D eigenvalue weighted by molar-refractivity contribution is -0.122. The molecule has 28 heavy (non-hydrogen) atoms. The van der Waals surface area contributed by atoms with Gasteiger partial charge in [0.15, 0.2) is 11.6 Å². The molecule has 0 spiro atoms. The summed E-state index contributed by atoms with van der Waals surface area (Å²) < 4.78 is 52.0. The number of aryl methyl sites for hydroxylation is 1. The summed E-state index contributed by atoms with van der Waals surface area (Å²) in [6.45, 7) is 5.22. The first-order valence-electron chi connectivity index (χ1n) is 8.88. The predicted octanol–water partition coefficient (Wildman–Crippen LogP) is 3.56. The Bertz CT molecular complexity index is 946. The highest BCUT2D eigenvalue weighted by atomic mass is 32.2. The van der Waals surface area contributed by atoms with Crippen molar-refractivity contribution >= 4 is 21.6 Å². The fourth-order valence-electron chi connectivity index (χ4n) is 2.89. The molecule has 0 radical (unpaired) electrons. The summed E-state index contributed by atoms with van der Waals surface area (Å²) in [4.78, 5) is 12.7. The number of hydrogen-bond donors (Lipinski definition) is 1. The lowest BCUT2D eigenvalue weighted by Gasteiger charge is -2.29. The van der Waals surface area contributed by atoms with Gasteiger partial charge in [-0.05, 0) is 43.5 Å². The molecule has 0 aromatic heterocycles. The average molecular weight is 410 g/mol. The minimum absolute atomic E-state index is 0.121. The van der Waals surface area contributed by atoms with Crippen molar-refractivity contribution in [2.24, 2.45) is 0 Å². The number of sulfonamides is 1. The van der Waals surface area contributed by atoms with Crippen molar-refractivity contribution in [3.63, 3.8) is 0 Å². The van der Waals surface area contributed by atoms with Crippen molar-refractivity contribution in [1.82, 2.24) is 5.32 Å². The molecule has 0 saturated heterocycles. The minimum atomic E-state index is -3.92. The molecule has 0 saturated carbocycles. The van der Waals surface area contributed by atoms with E-state index in [0.717, 1.165) is 46.3 Å². The van der Waals surface area contributed by atoms with E-state index in [1.807, 2.05) is 31.2 Å². The molecular formula is C20H24F2N2O3S. The Morgan fingerprint density at radius 3 is 2.18 bits per heavy atom. The van der Waals surface area contributed by atoms with Crippen molar-refractivity contribution in [3.05, 3.63) is 65.2 Å². The molecule has 0 aliphatic rings. The quantitative estimate of drug-likeness (QED) is 0.759. The standard InChI is InChI=1S/C20H24F2N2O3S/c1-5-15-6-8-16(9-7-15)13(2)23-20(25)14(3)24(28(4,26)27)17-10-11-18(21)19(22)12-17/h6-14H,5H2,1-4H3,(H,23,25)/t13-,14-/m0/s1. The summed E-state index contributed by atoms with van der Waals surface area (Å²) in [7, 11) is -3.92. The maximum atomic E-state index is 13.6. The first kappa shape index (κ1) is 21.8. The Hall–Kier alpha value is -2.48. The van der Waals surface area contributed by atoms with E-state index in [1.54, 1.807) is 6.92 Å². The lowest BCUT2D eigenvalue weighted by atomic mass is 10.0. The highest BCUT2D eigenvalue weighted by molar-refractivity contribution is 7.92. The van der Waals surface area contributed by atoms with Gasteiger partial charge in [0, 0.05) is 6.07 Å². The lowest BCUT2D eigenvalue weighted by Crippen LogP contribution is -2.48. The number of nitrogens with zero attached hydrogens (tertiary/aromatic N) is 1. The summed E-state index contributed by atoms with van der Waals surface area (Å²) in [6.07, 6.45) is 1.81. The van der Waals surface area contributed by atoms with Gasteiger partial charge >= 0.3 is 0 Å². The van der Waals surface area contributed by atoms with Crippen molar-refractivity contribution in [2.45, 2.75) is 39.3 Å². The summed E-state index contributed by atoms with van der Waals surface area (Å²) in [6, 6.07) is 8.92. The Labute approximate surface area is 164 Å². The van der Waals surface area contributed by atoms with Gasteiger partial charge in [0.2, 0.25) is 15.9 Å². The number of rotatable bonds is 7. The zero-order valence-corrected chi connectivity index (χ0v) is 17.1. The van der Waals surface area contributed by atoms with Gasteiger partial charge in [0.25, 0.3) is 0 Å². The van der Waals surface area contributed by atoms with Crippen LogP contribution in [0.1, 0.15) is 37.9 Å². The third-order valence-electron chi connectivity index (χ3n) is 4.49. The van der Waals surface area contributed by atoms with Crippen LogP contribution in [0.15, 0.2) is 42.5 Å². The van der Waals surface area contributed by atoms with E-state index in [-0.39, 0.29) is 11.7 Å². The minimum Gasteiger partial charge on any atom is -0.348 e. The Morgan fingerprint density at radius 2 is 1.68 bits per heavy atom. The van der Waals surface area contributed by atoms with E-state index < -0.39 is 33.6 Å². The topological polar surface area (TPSA) is 66.5 Å². The first-order chi connectivity index (χ1) is 13.0. The normalized spacial score (nSPS) is 13.6. The first-order valence-corrected chi connectivity index (χ1v) is 10.7. The zero-order valence-electron chi connectivity index (χ0n) is 16.2. The molecule has 152 valence electrons. The van der Waals surface area contributed by atoms with Crippen molar-refractivity contribution in [2.75, 3.05) is 10.6 Å². The summed E-state index contributed by atoms with van der Waals surface area (Å²) in [5, 5.41) is 2.77. The molecule has 2 atom stereocenters. The third kappa shape index (κ3) is 5.07. The number of benzene rings is 2. The SMILES string of the molecule is CCc1ccc([C@H](C)NC(=O)[C@H](C)N(c2ccc(F)c(F)c2)S(C)(=O)=O)cc1. The summed E-state index contributed by atoms with van der Waals surface area (Å²) in [5.41, 5.74) is 1.91. The largest absolute Gasteiger partial charge is 0.348 e. The fraction of sp³-hybridized carbons (Fsp3) is 0.350. The number of carbonyl (C=O) groups excluding carboxylic acids is 1. The second-order valence-corrected chi connectivity index (χ2v) is 8.52. The maximum Gasteiger partial charge on any atom is 0.244 e. The molecule has 0 fully saturated rings. The van der Waals surface area contributed by atoms with Crippen LogP contribution in [0.25, 0.3) is 0 Å². The van der Waals surface area contributed by atoms with Gasteiger partial charge in [-0.3, -0.25) is 9.10 Å². The molecule has 8 heteroatoms.